The Bertz CT molecular complexity index is 366. The fourth-order valence-corrected chi connectivity index (χ4v) is 2.06. The second kappa shape index (κ2) is 5.13. The summed E-state index contributed by atoms with van der Waals surface area (Å²) in [6.07, 6.45) is 2.41. The lowest BCUT2D eigenvalue weighted by molar-refractivity contribution is 0.0170. The number of halogens is 2. The number of hydrogen-bond acceptors (Lipinski definition) is 2. The highest BCUT2D eigenvalue weighted by Gasteiger charge is 2.28. The molecule has 4 heteroatoms. The highest BCUT2D eigenvalue weighted by atomic mass is 35.5. The van der Waals surface area contributed by atoms with Crippen molar-refractivity contribution in [3.63, 3.8) is 0 Å². The van der Waals surface area contributed by atoms with Gasteiger partial charge in [-0.2, -0.15) is 0 Å². The Morgan fingerprint density at radius 1 is 1.50 bits per heavy atom. The number of nitrogens with one attached hydrogen (secondary N) is 1. The average Bonchev–Trinajstić information content (AvgIpc) is 2.22. The zero-order valence-electron chi connectivity index (χ0n) is 9.17. The maximum atomic E-state index is 13.1. The van der Waals surface area contributed by atoms with E-state index in [1.807, 2.05) is 6.07 Å². The van der Waals surface area contributed by atoms with Crippen molar-refractivity contribution in [2.45, 2.75) is 31.5 Å². The first-order valence-electron chi connectivity index (χ1n) is 5.39. The van der Waals surface area contributed by atoms with Gasteiger partial charge in [0.05, 0.1) is 11.1 Å². The number of rotatable bonds is 4. The minimum absolute atomic E-state index is 0.220. The molecule has 1 N–H and O–H groups in total. The summed E-state index contributed by atoms with van der Waals surface area (Å²) < 4.78 is 18.3. The molecule has 1 saturated carbocycles. The van der Waals surface area contributed by atoms with E-state index in [-0.39, 0.29) is 10.8 Å². The molecule has 0 unspecified atom stereocenters. The van der Waals surface area contributed by atoms with Crippen LogP contribution in [0.2, 0.25) is 5.02 Å². The first-order valence-corrected chi connectivity index (χ1v) is 5.77. The highest BCUT2D eigenvalue weighted by Crippen LogP contribution is 2.24. The second-order valence-electron chi connectivity index (χ2n) is 4.12. The standard InChI is InChI=1S/C12H15ClFNO/c1-16-10-5-9(6-10)15-7-8-3-2-4-11(14)12(8)13/h2-4,9-10,15H,5-7H2,1H3. The lowest BCUT2D eigenvalue weighted by atomic mass is 9.89. The third-order valence-electron chi connectivity index (χ3n) is 3.04. The van der Waals surface area contributed by atoms with E-state index in [0.29, 0.717) is 18.7 Å². The fourth-order valence-electron chi connectivity index (χ4n) is 1.86. The van der Waals surface area contributed by atoms with E-state index < -0.39 is 0 Å². The Labute approximate surface area is 99.7 Å². The van der Waals surface area contributed by atoms with Gasteiger partial charge in [-0.3, -0.25) is 0 Å². The first kappa shape index (κ1) is 11.8. The summed E-state index contributed by atoms with van der Waals surface area (Å²) >= 11 is 5.85. The molecule has 0 aromatic heterocycles. The van der Waals surface area contributed by atoms with Gasteiger partial charge in [-0.1, -0.05) is 23.7 Å². The van der Waals surface area contributed by atoms with E-state index in [4.69, 9.17) is 16.3 Å². The zero-order chi connectivity index (χ0) is 11.5. The van der Waals surface area contributed by atoms with Crippen molar-refractivity contribution in [1.29, 1.82) is 0 Å². The van der Waals surface area contributed by atoms with E-state index in [2.05, 4.69) is 5.32 Å². The summed E-state index contributed by atoms with van der Waals surface area (Å²) in [4.78, 5) is 0. The molecule has 0 spiro atoms. The largest absolute Gasteiger partial charge is 0.381 e. The van der Waals surface area contributed by atoms with Gasteiger partial charge in [0.2, 0.25) is 0 Å². The maximum Gasteiger partial charge on any atom is 0.142 e. The maximum absolute atomic E-state index is 13.1. The molecular weight excluding hydrogens is 229 g/mol. The van der Waals surface area contributed by atoms with Crippen LogP contribution in [0.25, 0.3) is 0 Å². The predicted molar refractivity (Wildman–Crippen MR) is 62.1 cm³/mol. The highest BCUT2D eigenvalue weighted by molar-refractivity contribution is 6.31. The van der Waals surface area contributed by atoms with Crippen LogP contribution in [0.5, 0.6) is 0 Å². The van der Waals surface area contributed by atoms with Gasteiger partial charge in [0.1, 0.15) is 5.82 Å². The Morgan fingerprint density at radius 2 is 2.25 bits per heavy atom. The van der Waals surface area contributed by atoms with Gasteiger partial charge >= 0.3 is 0 Å². The summed E-state index contributed by atoms with van der Waals surface area (Å²) in [7, 11) is 1.73. The van der Waals surface area contributed by atoms with E-state index in [0.717, 1.165) is 18.4 Å². The van der Waals surface area contributed by atoms with Crippen molar-refractivity contribution in [3.8, 4) is 0 Å². The molecule has 0 radical (unpaired) electrons. The summed E-state index contributed by atoms with van der Waals surface area (Å²) in [5.41, 5.74) is 0.808. The molecule has 1 aromatic carbocycles. The van der Waals surface area contributed by atoms with Crippen molar-refractivity contribution < 1.29 is 9.13 Å². The van der Waals surface area contributed by atoms with Gasteiger partial charge in [0, 0.05) is 19.7 Å². The van der Waals surface area contributed by atoms with Gasteiger partial charge in [0.15, 0.2) is 0 Å². The molecule has 1 aromatic rings. The van der Waals surface area contributed by atoms with E-state index >= 15 is 0 Å². The quantitative estimate of drug-likeness (QED) is 0.878. The second-order valence-corrected chi connectivity index (χ2v) is 4.50. The van der Waals surface area contributed by atoms with Crippen LogP contribution in [-0.4, -0.2) is 19.3 Å². The monoisotopic (exact) mass is 243 g/mol. The van der Waals surface area contributed by atoms with Gasteiger partial charge < -0.3 is 10.1 Å². The molecule has 0 atom stereocenters. The van der Waals surface area contributed by atoms with Crippen molar-refractivity contribution in [1.82, 2.24) is 5.32 Å². The predicted octanol–water partition coefficient (Wildman–Crippen LogP) is 2.75. The minimum Gasteiger partial charge on any atom is -0.381 e. The summed E-state index contributed by atoms with van der Waals surface area (Å²) in [5.74, 6) is -0.357. The van der Waals surface area contributed by atoms with Crippen LogP contribution in [0.4, 0.5) is 4.39 Å². The van der Waals surface area contributed by atoms with Gasteiger partial charge in [0.25, 0.3) is 0 Å². The summed E-state index contributed by atoms with van der Waals surface area (Å²) in [5, 5.41) is 3.56. The third kappa shape index (κ3) is 2.54. The number of ether oxygens (including phenoxy) is 1. The lowest BCUT2D eigenvalue weighted by Crippen LogP contribution is -2.44. The van der Waals surface area contributed by atoms with Crippen molar-refractivity contribution in [2.24, 2.45) is 0 Å². The average molecular weight is 244 g/mol. The molecule has 16 heavy (non-hydrogen) atoms. The lowest BCUT2D eigenvalue weighted by Gasteiger charge is -2.34. The van der Waals surface area contributed by atoms with Gasteiger partial charge in [-0.05, 0) is 24.5 Å². The number of methoxy groups -OCH3 is 1. The molecule has 0 amide bonds. The zero-order valence-corrected chi connectivity index (χ0v) is 9.93. The molecule has 0 saturated heterocycles. The smallest absolute Gasteiger partial charge is 0.142 e. The van der Waals surface area contributed by atoms with Crippen LogP contribution in [0.1, 0.15) is 18.4 Å². The van der Waals surface area contributed by atoms with Crippen LogP contribution in [0.3, 0.4) is 0 Å². The minimum atomic E-state index is -0.357. The van der Waals surface area contributed by atoms with Crippen LogP contribution >= 0.6 is 11.6 Å². The summed E-state index contributed by atoms with van der Waals surface area (Å²) in [6, 6.07) is 5.35. The third-order valence-corrected chi connectivity index (χ3v) is 3.46. The summed E-state index contributed by atoms with van der Waals surface area (Å²) in [6.45, 7) is 0.609. The van der Waals surface area contributed by atoms with Gasteiger partial charge in [-0.15, -0.1) is 0 Å². The molecule has 1 fully saturated rings. The van der Waals surface area contributed by atoms with Crippen LogP contribution in [0.15, 0.2) is 18.2 Å². The Kier molecular flexibility index (Phi) is 3.79. The van der Waals surface area contributed by atoms with Crippen molar-refractivity contribution in [2.75, 3.05) is 7.11 Å². The first-order chi connectivity index (χ1) is 7.70. The molecule has 2 rings (SSSR count). The normalized spacial score (nSPS) is 24.2. The van der Waals surface area contributed by atoms with Crippen LogP contribution < -0.4 is 5.32 Å². The van der Waals surface area contributed by atoms with Crippen LogP contribution in [0, 0.1) is 5.82 Å². The Morgan fingerprint density at radius 3 is 2.94 bits per heavy atom. The SMILES string of the molecule is COC1CC(NCc2cccc(F)c2Cl)C1. The molecule has 0 heterocycles. The number of benzene rings is 1. The van der Waals surface area contributed by atoms with Crippen molar-refractivity contribution >= 4 is 11.6 Å². The van der Waals surface area contributed by atoms with Crippen molar-refractivity contribution in [3.05, 3.63) is 34.6 Å². The molecule has 88 valence electrons. The van der Waals surface area contributed by atoms with E-state index in [1.165, 1.54) is 6.07 Å². The number of hydrogen-bond donors (Lipinski definition) is 1. The van der Waals surface area contributed by atoms with E-state index in [1.54, 1.807) is 13.2 Å². The van der Waals surface area contributed by atoms with Gasteiger partial charge in [-0.25, -0.2) is 4.39 Å². The topological polar surface area (TPSA) is 21.3 Å². The van der Waals surface area contributed by atoms with Crippen LogP contribution in [-0.2, 0) is 11.3 Å². The fraction of sp³-hybridized carbons (Fsp3) is 0.500. The molecule has 1 aliphatic carbocycles. The molecule has 1 aliphatic rings. The molecule has 0 aliphatic heterocycles. The molecule has 0 bridgehead atoms. The Hall–Kier alpha value is -0.640. The van der Waals surface area contributed by atoms with E-state index in [9.17, 15) is 4.39 Å². The molecule has 2 nitrogen and oxygen atoms in total. The Balaban J connectivity index is 1.84. The molecular formula is C12H15ClFNO.